The van der Waals surface area contributed by atoms with Crippen molar-refractivity contribution < 1.29 is 23.9 Å². The van der Waals surface area contributed by atoms with Crippen molar-refractivity contribution in [1.82, 2.24) is 10.3 Å². The lowest BCUT2D eigenvalue weighted by Gasteiger charge is -2.15. The number of nitrogens with zero attached hydrogens (tertiary/aromatic N) is 1. The fourth-order valence-electron chi connectivity index (χ4n) is 3.98. The number of methoxy groups -OCH3 is 2. The van der Waals surface area contributed by atoms with Crippen LogP contribution in [-0.2, 0) is 9.59 Å². The number of benzene rings is 3. The summed E-state index contributed by atoms with van der Waals surface area (Å²) in [4.78, 5) is 44.5. The molecular formula is C32H32N4O5S2. The second-order valence-corrected chi connectivity index (χ2v) is 11.4. The number of aromatic nitrogens is 1. The van der Waals surface area contributed by atoms with Crippen molar-refractivity contribution in [1.29, 1.82) is 0 Å². The maximum absolute atomic E-state index is 13.5. The number of anilines is 2. The van der Waals surface area contributed by atoms with Crippen molar-refractivity contribution >= 4 is 57.7 Å². The Balaban J connectivity index is 1.54. The maximum atomic E-state index is 13.5. The molecule has 0 bridgehead atoms. The van der Waals surface area contributed by atoms with E-state index in [1.54, 1.807) is 66.7 Å². The van der Waals surface area contributed by atoms with Gasteiger partial charge in [-0.05, 0) is 67.4 Å². The van der Waals surface area contributed by atoms with Crippen molar-refractivity contribution in [3.05, 3.63) is 101 Å². The molecule has 3 aromatic carbocycles. The van der Waals surface area contributed by atoms with Crippen LogP contribution in [0.25, 0.3) is 6.08 Å². The largest absolute Gasteiger partial charge is 0.493 e. The van der Waals surface area contributed by atoms with Gasteiger partial charge in [0.25, 0.3) is 11.8 Å². The Bertz CT molecular complexity index is 1620. The summed E-state index contributed by atoms with van der Waals surface area (Å²) in [7, 11) is 3.06. The summed E-state index contributed by atoms with van der Waals surface area (Å²) >= 11 is 2.78. The molecule has 0 fully saturated rings. The SMILES string of the molecule is CCC(Sc1cccc(NC(=O)/C(=C\c2ccc(OC)c(OC)c2)NC(=O)c2ccccc2)c1)C(=O)Nc1nc(C)cs1. The lowest BCUT2D eigenvalue weighted by molar-refractivity contribution is -0.116. The third kappa shape index (κ3) is 8.69. The summed E-state index contributed by atoms with van der Waals surface area (Å²) in [6, 6.07) is 21.0. The van der Waals surface area contributed by atoms with Crippen molar-refractivity contribution in [2.45, 2.75) is 30.4 Å². The van der Waals surface area contributed by atoms with Gasteiger partial charge in [-0.3, -0.25) is 14.4 Å². The Hall–Kier alpha value is -4.61. The number of thiazole rings is 1. The van der Waals surface area contributed by atoms with Crippen molar-refractivity contribution in [2.24, 2.45) is 0 Å². The van der Waals surface area contributed by atoms with Crippen LogP contribution in [0.4, 0.5) is 10.8 Å². The number of thioether (sulfide) groups is 1. The van der Waals surface area contributed by atoms with Gasteiger partial charge in [0.15, 0.2) is 16.6 Å². The fraction of sp³-hybridized carbons (Fsp3) is 0.188. The van der Waals surface area contributed by atoms with Gasteiger partial charge in [0, 0.05) is 21.5 Å². The summed E-state index contributed by atoms with van der Waals surface area (Å²) in [6.07, 6.45) is 2.16. The number of rotatable bonds is 12. The van der Waals surface area contributed by atoms with E-state index in [0.717, 1.165) is 10.6 Å². The number of carbonyl (C=O) groups is 3. The first kappa shape index (κ1) is 31.3. The van der Waals surface area contributed by atoms with Crippen molar-refractivity contribution in [3.63, 3.8) is 0 Å². The predicted octanol–water partition coefficient (Wildman–Crippen LogP) is 6.39. The average Bonchev–Trinajstić information content (AvgIpc) is 3.43. The predicted molar refractivity (Wildman–Crippen MR) is 172 cm³/mol. The van der Waals surface area contributed by atoms with E-state index in [-0.39, 0.29) is 16.9 Å². The van der Waals surface area contributed by atoms with Crippen molar-refractivity contribution in [3.8, 4) is 11.5 Å². The summed E-state index contributed by atoms with van der Waals surface area (Å²) < 4.78 is 10.7. The van der Waals surface area contributed by atoms with E-state index in [1.807, 2.05) is 31.4 Å². The van der Waals surface area contributed by atoms with Gasteiger partial charge in [-0.2, -0.15) is 0 Å². The van der Waals surface area contributed by atoms with Crippen LogP contribution in [0, 0.1) is 6.92 Å². The zero-order valence-corrected chi connectivity index (χ0v) is 25.8. The van der Waals surface area contributed by atoms with E-state index in [2.05, 4.69) is 20.9 Å². The minimum Gasteiger partial charge on any atom is -0.493 e. The molecule has 1 heterocycles. The number of nitrogens with one attached hydrogen (secondary N) is 3. The summed E-state index contributed by atoms with van der Waals surface area (Å²) in [5, 5.41) is 10.6. The van der Waals surface area contributed by atoms with E-state index in [0.29, 0.717) is 39.9 Å². The van der Waals surface area contributed by atoms with E-state index in [4.69, 9.17) is 9.47 Å². The standard InChI is InChI=1S/C32H32N4O5S2/c1-5-28(31(39)36-32-33-20(2)19-42-32)43-24-13-9-12-23(18-24)34-30(38)25(35-29(37)22-10-7-6-8-11-22)16-21-14-15-26(40-3)27(17-21)41-4/h6-19,28H,5H2,1-4H3,(H,34,38)(H,35,37)(H,33,36,39)/b25-16+. The van der Waals surface area contributed by atoms with Gasteiger partial charge in [-0.15, -0.1) is 23.1 Å². The molecular weight excluding hydrogens is 585 g/mol. The van der Waals surface area contributed by atoms with Gasteiger partial charge in [0.2, 0.25) is 5.91 Å². The molecule has 4 rings (SSSR count). The molecule has 1 unspecified atom stereocenters. The molecule has 3 N–H and O–H groups in total. The highest BCUT2D eigenvalue weighted by atomic mass is 32.2. The quantitative estimate of drug-likeness (QED) is 0.125. The molecule has 4 aromatic rings. The first-order valence-corrected chi connectivity index (χ1v) is 15.2. The van der Waals surface area contributed by atoms with Crippen LogP contribution in [0.1, 0.15) is 35.0 Å². The number of ether oxygens (including phenoxy) is 2. The van der Waals surface area contributed by atoms with Crippen LogP contribution < -0.4 is 25.4 Å². The number of carbonyl (C=O) groups excluding carboxylic acids is 3. The zero-order valence-electron chi connectivity index (χ0n) is 24.2. The molecule has 222 valence electrons. The molecule has 3 amide bonds. The fourth-order valence-corrected chi connectivity index (χ4v) is 5.69. The highest BCUT2D eigenvalue weighted by molar-refractivity contribution is 8.00. The van der Waals surface area contributed by atoms with Gasteiger partial charge in [0.1, 0.15) is 5.70 Å². The first-order valence-electron chi connectivity index (χ1n) is 13.4. The maximum Gasteiger partial charge on any atom is 0.272 e. The Morgan fingerprint density at radius 1 is 0.953 bits per heavy atom. The minimum absolute atomic E-state index is 0.0312. The molecule has 1 aromatic heterocycles. The van der Waals surface area contributed by atoms with E-state index < -0.39 is 11.8 Å². The number of hydrogen-bond donors (Lipinski definition) is 3. The van der Waals surface area contributed by atoms with Gasteiger partial charge in [-0.1, -0.05) is 37.3 Å². The molecule has 0 spiro atoms. The second-order valence-electron chi connectivity index (χ2n) is 9.27. The van der Waals surface area contributed by atoms with Crippen LogP contribution in [0.15, 0.2) is 88.8 Å². The Morgan fingerprint density at radius 3 is 2.40 bits per heavy atom. The first-order chi connectivity index (χ1) is 20.8. The second kappa shape index (κ2) is 15.0. The summed E-state index contributed by atoms with van der Waals surface area (Å²) in [5.41, 5.74) is 2.41. The van der Waals surface area contributed by atoms with Crippen LogP contribution in [-0.4, -0.2) is 42.2 Å². The molecule has 0 aliphatic carbocycles. The monoisotopic (exact) mass is 616 g/mol. The van der Waals surface area contributed by atoms with Gasteiger partial charge < -0.3 is 25.4 Å². The Kier molecular flexibility index (Phi) is 11.0. The Morgan fingerprint density at radius 2 is 1.72 bits per heavy atom. The summed E-state index contributed by atoms with van der Waals surface area (Å²) in [6.45, 7) is 3.82. The molecule has 0 saturated heterocycles. The van der Waals surface area contributed by atoms with Crippen LogP contribution >= 0.6 is 23.1 Å². The molecule has 0 aliphatic rings. The highest BCUT2D eigenvalue weighted by Gasteiger charge is 2.20. The van der Waals surface area contributed by atoms with Gasteiger partial charge >= 0.3 is 0 Å². The lowest BCUT2D eigenvalue weighted by Crippen LogP contribution is -2.30. The van der Waals surface area contributed by atoms with E-state index >= 15 is 0 Å². The molecule has 11 heteroatoms. The third-order valence-corrected chi connectivity index (χ3v) is 8.36. The minimum atomic E-state index is -0.523. The Labute approximate surface area is 258 Å². The highest BCUT2D eigenvalue weighted by Crippen LogP contribution is 2.30. The third-order valence-electron chi connectivity index (χ3n) is 6.13. The average molecular weight is 617 g/mol. The van der Waals surface area contributed by atoms with Crippen LogP contribution in [0.3, 0.4) is 0 Å². The normalized spacial score (nSPS) is 11.8. The van der Waals surface area contributed by atoms with E-state index in [9.17, 15) is 14.4 Å². The molecule has 9 nitrogen and oxygen atoms in total. The molecule has 1 atom stereocenters. The molecule has 0 saturated carbocycles. The van der Waals surface area contributed by atoms with Crippen LogP contribution in [0.2, 0.25) is 0 Å². The van der Waals surface area contributed by atoms with Crippen molar-refractivity contribution in [2.75, 3.05) is 24.9 Å². The lowest BCUT2D eigenvalue weighted by atomic mass is 10.1. The number of hydrogen-bond acceptors (Lipinski definition) is 8. The van der Waals surface area contributed by atoms with Gasteiger partial charge in [0.05, 0.1) is 25.2 Å². The summed E-state index contributed by atoms with van der Waals surface area (Å²) in [5.74, 6) is -0.0760. The topological polar surface area (TPSA) is 119 Å². The van der Waals surface area contributed by atoms with Gasteiger partial charge in [-0.25, -0.2) is 4.98 Å². The number of aryl methyl sites for hydroxylation is 1. The smallest absolute Gasteiger partial charge is 0.272 e. The molecule has 43 heavy (non-hydrogen) atoms. The molecule has 0 radical (unpaired) electrons. The van der Waals surface area contributed by atoms with E-state index in [1.165, 1.54) is 37.3 Å². The molecule has 0 aliphatic heterocycles. The van der Waals surface area contributed by atoms with Crippen LogP contribution in [0.5, 0.6) is 11.5 Å². The number of amides is 3. The zero-order chi connectivity index (χ0) is 30.8.